The van der Waals surface area contributed by atoms with Gasteiger partial charge in [0, 0.05) is 4.47 Å². The number of terminal acetylenes is 1. The normalized spacial score (nSPS) is 15.0. The maximum absolute atomic E-state index is 13.1. The van der Waals surface area contributed by atoms with E-state index in [1.54, 1.807) is 37.3 Å². The van der Waals surface area contributed by atoms with Gasteiger partial charge >= 0.3 is 6.03 Å². The molecule has 1 saturated heterocycles. The first-order valence-electron chi connectivity index (χ1n) is 8.88. The zero-order chi connectivity index (χ0) is 22.7. The van der Waals surface area contributed by atoms with Crippen LogP contribution in [0.15, 0.2) is 44.9 Å². The zero-order valence-corrected chi connectivity index (χ0v) is 19.7. The number of rotatable bonds is 5. The predicted molar refractivity (Wildman–Crippen MR) is 123 cm³/mol. The number of halogens is 2. The van der Waals surface area contributed by atoms with Gasteiger partial charge in [0.15, 0.2) is 11.5 Å². The van der Waals surface area contributed by atoms with E-state index in [2.05, 4.69) is 43.1 Å². The number of nitrogens with one attached hydrogen (secondary N) is 1. The highest BCUT2D eigenvalue weighted by atomic mass is 79.9. The van der Waals surface area contributed by atoms with Crippen LogP contribution in [0, 0.1) is 19.3 Å². The number of imide groups is 2. The van der Waals surface area contributed by atoms with Gasteiger partial charge in [0.05, 0.1) is 17.3 Å². The van der Waals surface area contributed by atoms with E-state index in [0.29, 0.717) is 32.8 Å². The van der Waals surface area contributed by atoms with Gasteiger partial charge in [-0.1, -0.05) is 21.9 Å². The minimum absolute atomic E-state index is 0.0416. The summed E-state index contributed by atoms with van der Waals surface area (Å²) in [7, 11) is 1.45. The van der Waals surface area contributed by atoms with Crippen LogP contribution in [0.4, 0.5) is 10.5 Å². The molecule has 0 unspecified atom stereocenters. The third-order valence-electron chi connectivity index (χ3n) is 4.36. The highest BCUT2D eigenvalue weighted by Crippen LogP contribution is 2.37. The molecule has 0 aliphatic carbocycles. The van der Waals surface area contributed by atoms with Crippen molar-refractivity contribution >= 4 is 61.5 Å². The van der Waals surface area contributed by atoms with Gasteiger partial charge in [-0.25, -0.2) is 9.69 Å². The Labute approximate surface area is 195 Å². The molecule has 1 N–H and O–H groups in total. The number of carbonyl (C=O) groups excluding carboxylic acids is 3. The van der Waals surface area contributed by atoms with E-state index in [4.69, 9.17) is 15.9 Å². The molecule has 0 saturated carbocycles. The van der Waals surface area contributed by atoms with Crippen molar-refractivity contribution in [3.8, 4) is 23.8 Å². The van der Waals surface area contributed by atoms with Crippen molar-refractivity contribution < 1.29 is 23.9 Å². The average Bonchev–Trinajstić information content (AvgIpc) is 2.71. The molecule has 3 rings (SSSR count). The van der Waals surface area contributed by atoms with Crippen molar-refractivity contribution in [2.45, 2.75) is 6.92 Å². The molecule has 0 radical (unpaired) electrons. The van der Waals surface area contributed by atoms with Crippen molar-refractivity contribution in [3.05, 3.63) is 56.0 Å². The fourth-order valence-electron chi connectivity index (χ4n) is 2.99. The van der Waals surface area contributed by atoms with E-state index in [0.717, 1.165) is 9.37 Å². The largest absolute Gasteiger partial charge is 0.493 e. The number of ether oxygens (including phenoxy) is 2. The molecule has 0 spiro atoms. The molecule has 0 bridgehead atoms. The maximum Gasteiger partial charge on any atom is 0.335 e. The van der Waals surface area contributed by atoms with Crippen LogP contribution < -0.4 is 19.7 Å². The topological polar surface area (TPSA) is 84.9 Å². The van der Waals surface area contributed by atoms with E-state index >= 15 is 0 Å². The third-order valence-corrected chi connectivity index (χ3v) is 5.45. The summed E-state index contributed by atoms with van der Waals surface area (Å²) in [6, 6.07) is 7.53. The molecule has 2 aromatic carbocycles. The molecule has 1 aliphatic heterocycles. The third kappa shape index (κ3) is 4.65. The molecule has 4 amide bonds. The minimum atomic E-state index is -0.811. The SMILES string of the molecule is C#CCOc1c(Br)cc(/C=C2/C(=O)NC(=O)N(c3ccc(Br)cc3C)C2=O)cc1OC. The molecule has 158 valence electrons. The number of amides is 4. The summed E-state index contributed by atoms with van der Waals surface area (Å²) in [5, 5.41) is 2.21. The first-order chi connectivity index (χ1) is 14.8. The van der Waals surface area contributed by atoms with Crippen LogP contribution in [0.1, 0.15) is 11.1 Å². The Morgan fingerprint density at radius 1 is 1.19 bits per heavy atom. The lowest BCUT2D eigenvalue weighted by molar-refractivity contribution is -0.122. The van der Waals surface area contributed by atoms with Crippen LogP contribution in [0.5, 0.6) is 11.5 Å². The Hall–Kier alpha value is -3.09. The Bertz CT molecular complexity index is 1170. The van der Waals surface area contributed by atoms with Crippen molar-refractivity contribution in [1.29, 1.82) is 0 Å². The number of nitrogens with zero attached hydrogens (tertiary/aromatic N) is 1. The summed E-state index contributed by atoms with van der Waals surface area (Å²) in [5.74, 6) is 1.60. The second kappa shape index (κ2) is 9.37. The monoisotopic (exact) mass is 546 g/mol. The zero-order valence-electron chi connectivity index (χ0n) is 16.5. The molecule has 1 aliphatic rings. The second-order valence-corrected chi connectivity index (χ2v) is 8.19. The van der Waals surface area contributed by atoms with E-state index in [1.165, 1.54) is 13.2 Å². The quantitative estimate of drug-likeness (QED) is 0.344. The van der Waals surface area contributed by atoms with Crippen molar-refractivity contribution in [2.24, 2.45) is 0 Å². The van der Waals surface area contributed by atoms with Crippen LogP contribution in [-0.2, 0) is 9.59 Å². The molecule has 0 atom stereocenters. The molecule has 1 heterocycles. The first kappa shape index (κ1) is 22.6. The summed E-state index contributed by atoms with van der Waals surface area (Å²) in [4.78, 5) is 38.9. The predicted octanol–water partition coefficient (Wildman–Crippen LogP) is 4.21. The lowest BCUT2D eigenvalue weighted by Gasteiger charge is -2.27. The molecule has 31 heavy (non-hydrogen) atoms. The van der Waals surface area contributed by atoms with Gasteiger partial charge in [0.2, 0.25) is 0 Å². The number of urea groups is 1. The molecule has 7 nitrogen and oxygen atoms in total. The summed E-state index contributed by atoms with van der Waals surface area (Å²) >= 11 is 6.73. The van der Waals surface area contributed by atoms with Crippen molar-refractivity contribution in [1.82, 2.24) is 5.32 Å². The molecule has 1 fully saturated rings. The van der Waals surface area contributed by atoms with E-state index in [9.17, 15) is 14.4 Å². The van der Waals surface area contributed by atoms with Gasteiger partial charge in [-0.05, 0) is 70.4 Å². The van der Waals surface area contributed by atoms with Crippen LogP contribution in [0.2, 0.25) is 0 Å². The van der Waals surface area contributed by atoms with Gasteiger partial charge in [0.1, 0.15) is 12.2 Å². The first-order valence-corrected chi connectivity index (χ1v) is 10.5. The molecular formula is C22H16Br2N2O5. The number of methoxy groups -OCH3 is 1. The number of hydrogen-bond acceptors (Lipinski definition) is 5. The lowest BCUT2D eigenvalue weighted by atomic mass is 10.1. The fraction of sp³-hybridized carbons (Fsp3) is 0.136. The Kier molecular flexibility index (Phi) is 6.83. The molecule has 9 heteroatoms. The number of barbiturate groups is 1. The van der Waals surface area contributed by atoms with Crippen LogP contribution in [0.3, 0.4) is 0 Å². The van der Waals surface area contributed by atoms with Gasteiger partial charge in [0.25, 0.3) is 11.8 Å². The standard InChI is InChI=1S/C22H16Br2N2O5/c1-4-7-31-19-16(24)10-13(11-18(19)30-3)9-15-20(27)25-22(29)26(21(15)28)17-6-5-14(23)8-12(17)2/h1,5-6,8-11H,7H2,2-3H3,(H,25,27,29)/b15-9-. The number of benzene rings is 2. The van der Waals surface area contributed by atoms with Crippen LogP contribution in [-0.4, -0.2) is 31.6 Å². The van der Waals surface area contributed by atoms with Crippen LogP contribution in [0.25, 0.3) is 6.08 Å². The second-order valence-electron chi connectivity index (χ2n) is 6.42. The Balaban J connectivity index is 2.04. The number of anilines is 1. The highest BCUT2D eigenvalue weighted by molar-refractivity contribution is 9.10. The molecular weight excluding hydrogens is 532 g/mol. The Morgan fingerprint density at radius 2 is 1.94 bits per heavy atom. The summed E-state index contributed by atoms with van der Waals surface area (Å²) < 4.78 is 12.1. The van der Waals surface area contributed by atoms with Crippen molar-refractivity contribution in [3.63, 3.8) is 0 Å². The smallest absolute Gasteiger partial charge is 0.335 e. The maximum atomic E-state index is 13.1. The fourth-order valence-corrected chi connectivity index (χ4v) is 4.04. The highest BCUT2D eigenvalue weighted by Gasteiger charge is 2.37. The summed E-state index contributed by atoms with van der Waals surface area (Å²) in [6.45, 7) is 1.80. The molecule has 0 aromatic heterocycles. The van der Waals surface area contributed by atoms with Gasteiger partial charge < -0.3 is 9.47 Å². The van der Waals surface area contributed by atoms with E-state index in [-0.39, 0.29) is 12.2 Å². The van der Waals surface area contributed by atoms with Crippen molar-refractivity contribution in [2.75, 3.05) is 18.6 Å². The lowest BCUT2D eigenvalue weighted by Crippen LogP contribution is -2.54. The number of carbonyl (C=O) groups is 3. The number of hydrogen-bond donors (Lipinski definition) is 1. The average molecular weight is 548 g/mol. The van der Waals surface area contributed by atoms with Gasteiger partial charge in [-0.3, -0.25) is 14.9 Å². The van der Waals surface area contributed by atoms with E-state index in [1.807, 2.05) is 0 Å². The minimum Gasteiger partial charge on any atom is -0.493 e. The van der Waals surface area contributed by atoms with E-state index < -0.39 is 17.8 Å². The Morgan fingerprint density at radius 3 is 2.58 bits per heavy atom. The summed E-state index contributed by atoms with van der Waals surface area (Å²) in [5.41, 5.74) is 1.34. The number of aryl methyl sites for hydroxylation is 1. The molecule has 2 aromatic rings. The van der Waals surface area contributed by atoms with Crippen LogP contribution >= 0.6 is 31.9 Å². The van der Waals surface area contributed by atoms with Gasteiger partial charge in [-0.15, -0.1) is 6.42 Å². The summed E-state index contributed by atoms with van der Waals surface area (Å²) in [6.07, 6.45) is 6.61. The van der Waals surface area contributed by atoms with Gasteiger partial charge in [-0.2, -0.15) is 0 Å².